The molecule has 1 N–H and O–H groups in total. The second-order valence-corrected chi connectivity index (χ2v) is 7.66. The van der Waals surface area contributed by atoms with Crippen molar-refractivity contribution in [2.45, 2.75) is 51.1 Å². The Labute approximate surface area is 169 Å². The number of aromatic nitrogens is 4. The van der Waals surface area contributed by atoms with Gasteiger partial charge in [0.15, 0.2) is 5.82 Å². The van der Waals surface area contributed by atoms with E-state index in [2.05, 4.69) is 20.8 Å². The highest BCUT2D eigenvalue weighted by molar-refractivity contribution is 6.00. The molecular weight excluding hydrogens is 372 g/mol. The molecule has 1 atom stereocenters. The second-order valence-electron chi connectivity index (χ2n) is 7.66. The molecule has 1 aromatic carbocycles. The Morgan fingerprint density at radius 3 is 2.90 bits per heavy atom. The fourth-order valence-electron chi connectivity index (χ4n) is 4.16. The van der Waals surface area contributed by atoms with E-state index in [1.54, 1.807) is 18.1 Å². The highest BCUT2D eigenvalue weighted by Gasteiger charge is 2.35. The highest BCUT2D eigenvalue weighted by atomic mass is 16.5. The van der Waals surface area contributed by atoms with E-state index in [0.717, 1.165) is 18.5 Å². The van der Waals surface area contributed by atoms with Crippen LogP contribution in [0.4, 0.5) is 5.69 Å². The summed E-state index contributed by atoms with van der Waals surface area (Å²) < 4.78 is 7.08. The monoisotopic (exact) mass is 398 g/mol. The molecule has 1 saturated heterocycles. The van der Waals surface area contributed by atoms with Gasteiger partial charge in [0.25, 0.3) is 0 Å². The van der Waals surface area contributed by atoms with Crippen molar-refractivity contribution < 1.29 is 14.3 Å². The summed E-state index contributed by atoms with van der Waals surface area (Å²) in [6, 6.07) is 7.61. The largest absolute Gasteiger partial charge is 0.497 e. The van der Waals surface area contributed by atoms with Crippen LogP contribution in [0.1, 0.15) is 50.4 Å². The van der Waals surface area contributed by atoms with Gasteiger partial charge in [-0.1, -0.05) is 25.3 Å². The Hall–Kier alpha value is -2.97. The van der Waals surface area contributed by atoms with Crippen molar-refractivity contribution in [3.63, 3.8) is 0 Å². The van der Waals surface area contributed by atoms with E-state index >= 15 is 0 Å². The van der Waals surface area contributed by atoms with E-state index in [9.17, 15) is 9.59 Å². The number of methoxy groups -OCH3 is 1. The molecule has 4 rings (SSSR count). The molecule has 2 aliphatic rings. The van der Waals surface area contributed by atoms with Crippen molar-refractivity contribution in [1.82, 2.24) is 25.5 Å². The number of hydrogen-bond donors (Lipinski definition) is 1. The Morgan fingerprint density at radius 2 is 2.10 bits per heavy atom. The molecule has 154 valence electrons. The molecule has 1 saturated carbocycles. The zero-order chi connectivity index (χ0) is 20.2. The van der Waals surface area contributed by atoms with Crippen LogP contribution in [0, 0.1) is 5.92 Å². The molecule has 29 heavy (non-hydrogen) atoms. The van der Waals surface area contributed by atoms with Gasteiger partial charge in [0.05, 0.1) is 25.6 Å². The van der Waals surface area contributed by atoms with Crippen LogP contribution in [0.3, 0.4) is 0 Å². The summed E-state index contributed by atoms with van der Waals surface area (Å²) in [6.45, 7) is 0.623. The maximum Gasteiger partial charge on any atom is 0.227 e. The van der Waals surface area contributed by atoms with E-state index in [-0.39, 0.29) is 24.8 Å². The van der Waals surface area contributed by atoms with Crippen molar-refractivity contribution in [3.8, 4) is 5.75 Å². The second kappa shape index (κ2) is 8.59. The van der Waals surface area contributed by atoms with Crippen molar-refractivity contribution in [2.24, 2.45) is 5.92 Å². The van der Waals surface area contributed by atoms with E-state index < -0.39 is 5.92 Å². The third-order valence-electron chi connectivity index (χ3n) is 5.76. The van der Waals surface area contributed by atoms with Crippen molar-refractivity contribution >= 4 is 17.5 Å². The molecule has 1 aromatic heterocycles. The number of carbonyl (C=O) groups excluding carboxylic acids is 2. The molecule has 1 aliphatic heterocycles. The van der Waals surface area contributed by atoms with Crippen LogP contribution in [0.2, 0.25) is 0 Å². The summed E-state index contributed by atoms with van der Waals surface area (Å²) >= 11 is 0. The molecule has 1 aliphatic carbocycles. The molecule has 2 amide bonds. The van der Waals surface area contributed by atoms with Gasteiger partial charge < -0.3 is 15.0 Å². The number of benzene rings is 1. The molecule has 0 spiro atoms. The van der Waals surface area contributed by atoms with Gasteiger partial charge in [0.2, 0.25) is 11.8 Å². The predicted molar refractivity (Wildman–Crippen MR) is 105 cm³/mol. The number of hydrogen-bond acceptors (Lipinski definition) is 6. The van der Waals surface area contributed by atoms with E-state index in [1.165, 1.54) is 19.3 Å². The maximum absolute atomic E-state index is 12.7. The minimum Gasteiger partial charge on any atom is -0.497 e. The first-order valence-electron chi connectivity index (χ1n) is 10.1. The number of ether oxygens (including phenoxy) is 1. The third-order valence-corrected chi connectivity index (χ3v) is 5.76. The molecule has 1 unspecified atom stereocenters. The van der Waals surface area contributed by atoms with E-state index in [4.69, 9.17) is 4.74 Å². The van der Waals surface area contributed by atoms with Gasteiger partial charge in [-0.2, -0.15) is 0 Å². The third kappa shape index (κ3) is 4.23. The first kappa shape index (κ1) is 19.4. The first-order chi connectivity index (χ1) is 14.2. The quantitative estimate of drug-likeness (QED) is 0.797. The normalized spacial score (nSPS) is 20.1. The van der Waals surface area contributed by atoms with Gasteiger partial charge in [-0.25, -0.2) is 4.68 Å². The van der Waals surface area contributed by atoms with Gasteiger partial charge >= 0.3 is 0 Å². The number of rotatable bonds is 6. The molecule has 2 aromatic rings. The molecule has 0 radical (unpaired) electrons. The van der Waals surface area contributed by atoms with Gasteiger partial charge in [-0.05, 0) is 35.4 Å². The SMILES string of the molecule is COc1cccc(N2CC(C(=O)NCc3nnnn3C3CCCCC3)CC2=O)c1. The topological polar surface area (TPSA) is 102 Å². The van der Waals surface area contributed by atoms with Crippen LogP contribution in [0.5, 0.6) is 5.75 Å². The van der Waals surface area contributed by atoms with Crippen molar-refractivity contribution in [3.05, 3.63) is 30.1 Å². The Kier molecular flexibility index (Phi) is 5.73. The maximum atomic E-state index is 12.7. The number of nitrogens with one attached hydrogen (secondary N) is 1. The number of nitrogens with zero attached hydrogens (tertiary/aromatic N) is 5. The lowest BCUT2D eigenvalue weighted by molar-refractivity contribution is -0.126. The van der Waals surface area contributed by atoms with Crippen LogP contribution in [0.25, 0.3) is 0 Å². The van der Waals surface area contributed by atoms with Crippen LogP contribution in [-0.2, 0) is 16.1 Å². The summed E-state index contributed by atoms with van der Waals surface area (Å²) in [4.78, 5) is 26.8. The lowest BCUT2D eigenvalue weighted by Crippen LogP contribution is -2.33. The Bertz CT molecular complexity index is 877. The fraction of sp³-hybridized carbons (Fsp3) is 0.550. The summed E-state index contributed by atoms with van der Waals surface area (Å²) in [5, 5.41) is 14.9. The lowest BCUT2D eigenvalue weighted by Gasteiger charge is -2.22. The number of anilines is 1. The van der Waals surface area contributed by atoms with Gasteiger partial charge in [-0.15, -0.1) is 5.10 Å². The van der Waals surface area contributed by atoms with E-state index in [1.807, 2.05) is 22.9 Å². The zero-order valence-corrected chi connectivity index (χ0v) is 16.6. The number of tetrazole rings is 1. The Balaban J connectivity index is 1.36. The van der Waals surface area contributed by atoms with Crippen molar-refractivity contribution in [1.29, 1.82) is 0 Å². The molecule has 2 fully saturated rings. The molecule has 9 heteroatoms. The van der Waals surface area contributed by atoms with Crippen LogP contribution >= 0.6 is 0 Å². The molecule has 2 heterocycles. The first-order valence-corrected chi connectivity index (χ1v) is 10.1. The average molecular weight is 398 g/mol. The standard InChI is InChI=1S/C20H26N6O3/c1-29-17-9-5-8-16(11-17)25-13-14(10-19(25)27)20(28)21-12-18-22-23-24-26(18)15-6-3-2-4-7-15/h5,8-9,11,14-15H,2-4,6-7,10,12-13H2,1H3,(H,21,28). The number of amides is 2. The van der Waals surface area contributed by atoms with E-state index in [0.29, 0.717) is 24.2 Å². The summed E-state index contributed by atoms with van der Waals surface area (Å²) in [5.41, 5.74) is 0.742. The lowest BCUT2D eigenvalue weighted by atomic mass is 9.95. The van der Waals surface area contributed by atoms with Gasteiger partial charge in [0, 0.05) is 24.7 Å². The van der Waals surface area contributed by atoms with Crippen molar-refractivity contribution in [2.75, 3.05) is 18.6 Å². The highest BCUT2D eigenvalue weighted by Crippen LogP contribution is 2.29. The van der Waals surface area contributed by atoms with Crippen LogP contribution in [0.15, 0.2) is 24.3 Å². The van der Waals surface area contributed by atoms with Crippen LogP contribution in [-0.4, -0.2) is 45.7 Å². The minimum atomic E-state index is -0.396. The summed E-state index contributed by atoms with van der Waals surface area (Å²) in [7, 11) is 1.59. The average Bonchev–Trinajstić information content (AvgIpc) is 3.39. The fourth-order valence-corrected chi connectivity index (χ4v) is 4.16. The summed E-state index contributed by atoms with van der Waals surface area (Å²) in [6.07, 6.45) is 5.94. The molecule has 0 bridgehead atoms. The van der Waals surface area contributed by atoms with Gasteiger partial charge in [0.1, 0.15) is 5.75 Å². The van der Waals surface area contributed by atoms with Crippen LogP contribution < -0.4 is 15.0 Å². The smallest absolute Gasteiger partial charge is 0.227 e. The molecule has 9 nitrogen and oxygen atoms in total. The van der Waals surface area contributed by atoms with Gasteiger partial charge in [-0.3, -0.25) is 9.59 Å². The number of carbonyl (C=O) groups is 2. The molecular formula is C20H26N6O3. The predicted octanol–water partition coefficient (Wildman–Crippen LogP) is 1.86. The zero-order valence-electron chi connectivity index (χ0n) is 16.6. The summed E-state index contributed by atoms with van der Waals surface area (Å²) in [5.74, 6) is 0.733. The minimum absolute atomic E-state index is 0.0644. The Morgan fingerprint density at radius 1 is 1.28 bits per heavy atom.